The van der Waals surface area contributed by atoms with Gasteiger partial charge in [-0.05, 0) is 61.1 Å². The molecule has 0 aliphatic carbocycles. The van der Waals surface area contributed by atoms with Crippen LogP contribution < -0.4 is 5.43 Å². The van der Waals surface area contributed by atoms with Crippen LogP contribution in [0.2, 0.25) is 0 Å². The van der Waals surface area contributed by atoms with Crippen molar-refractivity contribution in [1.82, 2.24) is 0 Å². The van der Waals surface area contributed by atoms with Crippen molar-refractivity contribution >= 4 is 23.3 Å². The Morgan fingerprint density at radius 3 is 1.86 bits per heavy atom. The van der Waals surface area contributed by atoms with E-state index in [1.54, 1.807) is 48.5 Å². The number of hydrogen-bond acceptors (Lipinski definition) is 6. The molecule has 0 aliphatic heterocycles. The Kier molecular flexibility index (Phi) is 14.0. The first kappa shape index (κ1) is 30.0. The maximum atomic E-state index is 12.5. The van der Waals surface area contributed by atoms with E-state index in [9.17, 15) is 9.59 Å². The summed E-state index contributed by atoms with van der Waals surface area (Å²) in [7, 11) is 0. The van der Waals surface area contributed by atoms with Crippen LogP contribution in [0, 0.1) is 11.8 Å². The molecular weight excluding hydrogens is 466 g/mol. The Balaban J connectivity index is 1.91. The molecule has 0 saturated heterocycles. The molecule has 0 amide bonds. The summed E-state index contributed by atoms with van der Waals surface area (Å²) in [4.78, 5) is 25.0. The fourth-order valence-electron chi connectivity index (χ4n) is 3.90. The van der Waals surface area contributed by atoms with E-state index in [1.165, 1.54) is 0 Å². The molecule has 0 aromatic heterocycles. The lowest BCUT2D eigenvalue weighted by molar-refractivity contribution is 0.0419. The predicted molar refractivity (Wildman–Crippen MR) is 148 cm³/mol. The van der Waals surface area contributed by atoms with Crippen molar-refractivity contribution in [3.8, 4) is 0 Å². The van der Waals surface area contributed by atoms with Gasteiger partial charge in [0.25, 0.3) is 0 Å². The SMILES string of the molecule is CCCCC(CC)COC(=O)c1cccc(/N=N/Nc2cccc(C(=O)OCC(CC)CCCC)c2)c1. The Labute approximate surface area is 222 Å². The molecule has 0 radical (unpaired) electrons. The fourth-order valence-corrected chi connectivity index (χ4v) is 3.90. The summed E-state index contributed by atoms with van der Waals surface area (Å²) in [5.41, 5.74) is 4.88. The van der Waals surface area contributed by atoms with Crippen molar-refractivity contribution in [2.75, 3.05) is 18.6 Å². The molecule has 0 aliphatic rings. The molecule has 2 rings (SSSR count). The summed E-state index contributed by atoms with van der Waals surface area (Å²) in [6, 6.07) is 13.8. The molecule has 0 fully saturated rings. The van der Waals surface area contributed by atoms with Crippen molar-refractivity contribution in [3.63, 3.8) is 0 Å². The summed E-state index contributed by atoms with van der Waals surface area (Å²) in [6.07, 6.45) is 8.68. The second-order valence-electron chi connectivity index (χ2n) is 9.47. The first-order valence-electron chi connectivity index (χ1n) is 13.7. The highest BCUT2D eigenvalue weighted by Crippen LogP contribution is 2.19. The standard InChI is InChI=1S/C30H43N3O4/c1-5-9-13-23(7-3)21-36-29(34)25-15-11-17-27(19-25)31-33-32-28-18-12-16-26(20-28)30(35)37-22-24(8-4)14-10-6-2/h11-12,15-20,23-24H,5-10,13-14,21-22H2,1-4H3,(H,31,32). The summed E-state index contributed by atoms with van der Waals surface area (Å²) in [5, 5.41) is 8.19. The van der Waals surface area contributed by atoms with Gasteiger partial charge in [-0.2, -0.15) is 0 Å². The van der Waals surface area contributed by atoms with Crippen LogP contribution in [0.1, 0.15) is 99.8 Å². The van der Waals surface area contributed by atoms with E-state index in [-0.39, 0.29) is 11.9 Å². The average Bonchev–Trinajstić information content (AvgIpc) is 2.93. The van der Waals surface area contributed by atoms with Crippen LogP contribution in [0.5, 0.6) is 0 Å². The van der Waals surface area contributed by atoms with Crippen molar-refractivity contribution in [1.29, 1.82) is 0 Å². The minimum absolute atomic E-state index is 0.346. The zero-order chi connectivity index (χ0) is 26.9. The molecule has 0 bridgehead atoms. The van der Waals surface area contributed by atoms with Crippen LogP contribution in [0.25, 0.3) is 0 Å². The molecule has 202 valence electrons. The number of nitrogens with one attached hydrogen (secondary N) is 1. The monoisotopic (exact) mass is 509 g/mol. The molecule has 2 aromatic rings. The van der Waals surface area contributed by atoms with Gasteiger partial charge in [0.1, 0.15) is 0 Å². The van der Waals surface area contributed by atoms with Crippen molar-refractivity contribution in [3.05, 3.63) is 59.7 Å². The molecule has 37 heavy (non-hydrogen) atoms. The first-order chi connectivity index (χ1) is 18.0. The van der Waals surface area contributed by atoms with Gasteiger partial charge in [0.05, 0.1) is 35.7 Å². The number of benzene rings is 2. The van der Waals surface area contributed by atoms with E-state index in [0.29, 0.717) is 47.6 Å². The summed E-state index contributed by atoms with van der Waals surface area (Å²) < 4.78 is 11.1. The van der Waals surface area contributed by atoms with Crippen molar-refractivity contribution < 1.29 is 19.1 Å². The maximum Gasteiger partial charge on any atom is 0.338 e. The van der Waals surface area contributed by atoms with E-state index >= 15 is 0 Å². The van der Waals surface area contributed by atoms with Gasteiger partial charge in [0.2, 0.25) is 0 Å². The van der Waals surface area contributed by atoms with Crippen molar-refractivity contribution in [2.45, 2.75) is 79.1 Å². The van der Waals surface area contributed by atoms with Crippen LogP contribution in [-0.2, 0) is 9.47 Å². The minimum Gasteiger partial charge on any atom is -0.462 e. The number of anilines is 1. The number of nitrogens with zero attached hydrogens (tertiary/aromatic N) is 2. The molecule has 1 N–H and O–H groups in total. The summed E-state index contributed by atoms with van der Waals surface area (Å²) in [5.74, 6) is 0.0762. The van der Waals surface area contributed by atoms with Gasteiger partial charge in [0.15, 0.2) is 0 Å². The smallest absolute Gasteiger partial charge is 0.338 e. The number of ether oxygens (including phenoxy) is 2. The number of hydrogen-bond donors (Lipinski definition) is 1. The Morgan fingerprint density at radius 1 is 0.784 bits per heavy atom. The maximum absolute atomic E-state index is 12.5. The topological polar surface area (TPSA) is 89.4 Å². The lowest BCUT2D eigenvalue weighted by Gasteiger charge is -2.14. The van der Waals surface area contributed by atoms with Crippen LogP contribution in [-0.4, -0.2) is 25.2 Å². The van der Waals surface area contributed by atoms with Crippen LogP contribution in [0.4, 0.5) is 11.4 Å². The lowest BCUT2D eigenvalue weighted by atomic mass is 10.0. The van der Waals surface area contributed by atoms with E-state index in [2.05, 4.69) is 43.5 Å². The highest BCUT2D eigenvalue weighted by atomic mass is 16.5. The second kappa shape index (κ2) is 17.3. The number of rotatable bonds is 17. The molecule has 7 nitrogen and oxygen atoms in total. The van der Waals surface area contributed by atoms with E-state index < -0.39 is 0 Å². The summed E-state index contributed by atoms with van der Waals surface area (Å²) in [6.45, 7) is 9.44. The van der Waals surface area contributed by atoms with Crippen LogP contribution >= 0.6 is 0 Å². The molecule has 2 aromatic carbocycles. The van der Waals surface area contributed by atoms with Gasteiger partial charge in [-0.25, -0.2) is 9.59 Å². The van der Waals surface area contributed by atoms with E-state index in [1.807, 2.05) is 0 Å². The van der Waals surface area contributed by atoms with Gasteiger partial charge in [0, 0.05) is 0 Å². The number of carbonyl (C=O) groups is 2. The van der Waals surface area contributed by atoms with E-state index in [4.69, 9.17) is 9.47 Å². The third kappa shape index (κ3) is 11.1. The zero-order valence-electron chi connectivity index (χ0n) is 22.9. The van der Waals surface area contributed by atoms with Crippen molar-refractivity contribution in [2.24, 2.45) is 22.2 Å². The fraction of sp³-hybridized carbons (Fsp3) is 0.533. The molecule has 2 unspecified atom stereocenters. The molecule has 7 heteroatoms. The number of unbranched alkanes of at least 4 members (excludes halogenated alkanes) is 2. The average molecular weight is 510 g/mol. The number of carbonyl (C=O) groups excluding carboxylic acids is 2. The Hall–Kier alpha value is -3.22. The van der Waals surface area contributed by atoms with E-state index in [0.717, 1.165) is 51.4 Å². The first-order valence-corrected chi connectivity index (χ1v) is 13.7. The lowest BCUT2D eigenvalue weighted by Crippen LogP contribution is -2.14. The second-order valence-corrected chi connectivity index (χ2v) is 9.47. The number of esters is 2. The van der Waals surface area contributed by atoms with Gasteiger partial charge < -0.3 is 9.47 Å². The van der Waals surface area contributed by atoms with Gasteiger partial charge in [-0.1, -0.05) is 83.6 Å². The van der Waals surface area contributed by atoms with Crippen LogP contribution in [0.15, 0.2) is 58.9 Å². The third-order valence-electron chi connectivity index (χ3n) is 6.51. The third-order valence-corrected chi connectivity index (χ3v) is 6.51. The van der Waals surface area contributed by atoms with Gasteiger partial charge in [-0.3, -0.25) is 5.43 Å². The predicted octanol–water partition coefficient (Wildman–Crippen LogP) is 8.54. The van der Waals surface area contributed by atoms with Gasteiger partial charge >= 0.3 is 11.9 Å². The summed E-state index contributed by atoms with van der Waals surface area (Å²) >= 11 is 0. The highest BCUT2D eigenvalue weighted by Gasteiger charge is 2.13. The molecule has 0 heterocycles. The largest absolute Gasteiger partial charge is 0.462 e. The zero-order valence-corrected chi connectivity index (χ0v) is 22.9. The molecule has 0 spiro atoms. The highest BCUT2D eigenvalue weighted by molar-refractivity contribution is 5.91. The molecule has 2 atom stereocenters. The minimum atomic E-state index is -0.355. The quantitative estimate of drug-likeness (QED) is 0.131. The Bertz CT molecular complexity index is 992. The van der Waals surface area contributed by atoms with Crippen LogP contribution in [0.3, 0.4) is 0 Å². The molecular formula is C30H43N3O4. The van der Waals surface area contributed by atoms with Gasteiger partial charge in [-0.15, -0.1) is 5.11 Å². The Morgan fingerprint density at radius 2 is 1.32 bits per heavy atom. The normalized spacial score (nSPS) is 12.8. The molecule has 0 saturated carbocycles.